The number of Topliss-reactive ketones (excluding diaryl/α,β-unsaturated/α-hetero) is 1. The van der Waals surface area contributed by atoms with Gasteiger partial charge < -0.3 is 14.8 Å². The predicted molar refractivity (Wildman–Crippen MR) is 88.0 cm³/mol. The van der Waals surface area contributed by atoms with Crippen molar-refractivity contribution in [1.82, 2.24) is 5.32 Å². The molecule has 2 rings (SSSR count). The molecule has 23 heavy (non-hydrogen) atoms. The second-order valence-corrected chi connectivity index (χ2v) is 6.00. The summed E-state index contributed by atoms with van der Waals surface area (Å²) in [6.45, 7) is 5.87. The molecule has 1 fully saturated rings. The number of benzene rings is 1. The minimum Gasteiger partial charge on any atom is -0.497 e. The molecule has 0 spiro atoms. The Kier molecular flexibility index (Phi) is 5.77. The fourth-order valence-corrected chi connectivity index (χ4v) is 2.75. The average molecular weight is 319 g/mol. The van der Waals surface area contributed by atoms with Crippen LogP contribution in [0.4, 0.5) is 0 Å². The predicted octanol–water partition coefficient (Wildman–Crippen LogP) is 2.57. The third-order valence-electron chi connectivity index (χ3n) is 4.00. The third kappa shape index (κ3) is 4.55. The van der Waals surface area contributed by atoms with Gasteiger partial charge in [0.1, 0.15) is 5.75 Å². The van der Waals surface area contributed by atoms with Gasteiger partial charge in [0.15, 0.2) is 5.78 Å². The molecule has 126 valence electrons. The molecule has 1 saturated carbocycles. The van der Waals surface area contributed by atoms with Crippen molar-refractivity contribution in [2.75, 3.05) is 13.7 Å². The van der Waals surface area contributed by atoms with Gasteiger partial charge in [-0.15, -0.1) is 0 Å². The Hall–Kier alpha value is -1.88. The Morgan fingerprint density at radius 2 is 1.87 bits per heavy atom. The molecule has 1 aromatic rings. The third-order valence-corrected chi connectivity index (χ3v) is 4.00. The zero-order chi connectivity index (χ0) is 17.0. The van der Waals surface area contributed by atoms with E-state index in [1.165, 1.54) is 0 Å². The smallest absolute Gasteiger partial charge is 0.307 e. The van der Waals surface area contributed by atoms with E-state index in [1.807, 2.05) is 26.0 Å². The molecule has 0 aliphatic heterocycles. The molecule has 0 saturated heterocycles. The van der Waals surface area contributed by atoms with Crippen LogP contribution in [0.3, 0.4) is 0 Å². The maximum absolute atomic E-state index is 13.0. The maximum Gasteiger partial charge on any atom is 0.307 e. The van der Waals surface area contributed by atoms with Crippen LogP contribution in [0.15, 0.2) is 12.1 Å². The van der Waals surface area contributed by atoms with Gasteiger partial charge in [0.25, 0.3) is 0 Å². The molecule has 0 radical (unpaired) electrons. The molecule has 1 aliphatic carbocycles. The lowest BCUT2D eigenvalue weighted by Crippen LogP contribution is -2.41. The summed E-state index contributed by atoms with van der Waals surface area (Å²) in [6.07, 6.45) is 2.16. The summed E-state index contributed by atoms with van der Waals surface area (Å²) in [7, 11) is 1.61. The van der Waals surface area contributed by atoms with Crippen molar-refractivity contribution in [2.45, 2.75) is 52.1 Å². The van der Waals surface area contributed by atoms with Crippen LogP contribution in [0, 0.1) is 13.8 Å². The van der Waals surface area contributed by atoms with Crippen LogP contribution in [-0.2, 0) is 9.53 Å². The minimum atomic E-state index is -0.535. The topological polar surface area (TPSA) is 64.6 Å². The van der Waals surface area contributed by atoms with Crippen LogP contribution < -0.4 is 10.1 Å². The van der Waals surface area contributed by atoms with E-state index < -0.39 is 6.04 Å². The van der Waals surface area contributed by atoms with Gasteiger partial charge in [-0.05, 0) is 56.9 Å². The first-order valence-corrected chi connectivity index (χ1v) is 8.07. The molecule has 1 aliphatic rings. The van der Waals surface area contributed by atoms with Gasteiger partial charge in [-0.25, -0.2) is 0 Å². The SMILES string of the molecule is CCOC(=O)CC(NC1CC1)C(=O)c1c(C)cc(OC)cc1C. The second-order valence-electron chi connectivity index (χ2n) is 6.00. The molecule has 0 bridgehead atoms. The van der Waals surface area contributed by atoms with Crippen LogP contribution in [0.2, 0.25) is 0 Å². The Morgan fingerprint density at radius 1 is 1.26 bits per heavy atom. The molecule has 5 heteroatoms. The molecule has 0 aromatic heterocycles. The fraction of sp³-hybridized carbons (Fsp3) is 0.556. The average Bonchev–Trinajstić information content (AvgIpc) is 3.29. The second kappa shape index (κ2) is 7.59. The first kappa shape index (κ1) is 17.5. The van der Waals surface area contributed by atoms with Crippen molar-refractivity contribution in [3.05, 3.63) is 28.8 Å². The molecule has 0 amide bonds. The summed E-state index contributed by atoms with van der Waals surface area (Å²) < 4.78 is 10.2. The molecular formula is C18H25NO4. The van der Waals surface area contributed by atoms with Crippen LogP contribution in [-0.4, -0.2) is 37.6 Å². The fourth-order valence-electron chi connectivity index (χ4n) is 2.75. The monoisotopic (exact) mass is 319 g/mol. The molecule has 5 nitrogen and oxygen atoms in total. The van der Waals surface area contributed by atoms with E-state index in [0.29, 0.717) is 18.2 Å². The van der Waals surface area contributed by atoms with E-state index in [-0.39, 0.29) is 18.2 Å². The normalized spacial score (nSPS) is 15.1. The Labute approximate surface area is 137 Å². The van der Waals surface area contributed by atoms with Crippen LogP contribution in [0.1, 0.15) is 47.7 Å². The standard InChI is InChI=1S/C18H25NO4/c1-5-23-16(20)10-15(19-13-6-7-13)18(21)17-11(2)8-14(22-4)9-12(17)3/h8-9,13,15,19H,5-7,10H2,1-4H3. The highest BCUT2D eigenvalue weighted by Crippen LogP contribution is 2.25. The number of hydrogen-bond donors (Lipinski definition) is 1. The number of hydrogen-bond acceptors (Lipinski definition) is 5. The van der Waals surface area contributed by atoms with Crippen molar-refractivity contribution in [2.24, 2.45) is 0 Å². The number of nitrogens with one attached hydrogen (secondary N) is 1. The van der Waals surface area contributed by atoms with E-state index in [4.69, 9.17) is 9.47 Å². The molecule has 1 atom stereocenters. The largest absolute Gasteiger partial charge is 0.497 e. The summed E-state index contributed by atoms with van der Waals surface area (Å²) in [5.41, 5.74) is 2.38. The van der Waals surface area contributed by atoms with E-state index in [1.54, 1.807) is 14.0 Å². The Bertz CT molecular complexity index is 570. The van der Waals surface area contributed by atoms with Crippen molar-refractivity contribution in [3.63, 3.8) is 0 Å². The molecule has 1 N–H and O–H groups in total. The number of ether oxygens (including phenoxy) is 2. The zero-order valence-electron chi connectivity index (χ0n) is 14.3. The zero-order valence-corrected chi connectivity index (χ0v) is 14.3. The number of methoxy groups -OCH3 is 1. The van der Waals surface area contributed by atoms with Crippen LogP contribution >= 0.6 is 0 Å². The first-order chi connectivity index (χ1) is 11.0. The molecular weight excluding hydrogens is 294 g/mol. The van der Waals surface area contributed by atoms with Gasteiger partial charge in [0.05, 0.1) is 26.2 Å². The van der Waals surface area contributed by atoms with E-state index in [0.717, 1.165) is 29.7 Å². The van der Waals surface area contributed by atoms with Gasteiger partial charge >= 0.3 is 5.97 Å². The van der Waals surface area contributed by atoms with E-state index >= 15 is 0 Å². The van der Waals surface area contributed by atoms with Gasteiger partial charge in [-0.3, -0.25) is 9.59 Å². The lowest BCUT2D eigenvalue weighted by Gasteiger charge is -2.19. The van der Waals surface area contributed by atoms with Gasteiger partial charge in [-0.1, -0.05) is 0 Å². The quantitative estimate of drug-likeness (QED) is 0.589. The van der Waals surface area contributed by atoms with Crippen LogP contribution in [0.5, 0.6) is 5.75 Å². The molecule has 1 aromatic carbocycles. The van der Waals surface area contributed by atoms with Gasteiger partial charge in [0.2, 0.25) is 0 Å². The highest BCUT2D eigenvalue weighted by atomic mass is 16.5. The number of aryl methyl sites for hydroxylation is 2. The Morgan fingerprint density at radius 3 is 2.35 bits per heavy atom. The van der Waals surface area contributed by atoms with E-state index in [2.05, 4.69) is 5.32 Å². The highest BCUT2D eigenvalue weighted by molar-refractivity contribution is 6.04. The van der Waals surface area contributed by atoms with Gasteiger partial charge in [0, 0.05) is 11.6 Å². The number of ketones is 1. The summed E-state index contributed by atoms with van der Waals surface area (Å²) >= 11 is 0. The van der Waals surface area contributed by atoms with Crippen LogP contribution in [0.25, 0.3) is 0 Å². The summed E-state index contributed by atoms with van der Waals surface area (Å²) in [5.74, 6) is 0.332. The first-order valence-electron chi connectivity index (χ1n) is 8.07. The number of esters is 1. The Balaban J connectivity index is 2.23. The maximum atomic E-state index is 13.0. The minimum absolute atomic E-state index is 0.0531. The van der Waals surface area contributed by atoms with Crippen molar-refractivity contribution in [3.8, 4) is 5.75 Å². The molecule has 0 heterocycles. The lowest BCUT2D eigenvalue weighted by atomic mass is 9.93. The summed E-state index contributed by atoms with van der Waals surface area (Å²) in [4.78, 5) is 24.8. The van der Waals surface area contributed by atoms with Gasteiger partial charge in [-0.2, -0.15) is 0 Å². The lowest BCUT2D eigenvalue weighted by molar-refractivity contribution is -0.143. The van der Waals surface area contributed by atoms with E-state index in [9.17, 15) is 9.59 Å². The van der Waals surface area contributed by atoms with Crippen molar-refractivity contribution < 1.29 is 19.1 Å². The number of carbonyl (C=O) groups excluding carboxylic acids is 2. The van der Waals surface area contributed by atoms with Crippen molar-refractivity contribution in [1.29, 1.82) is 0 Å². The van der Waals surface area contributed by atoms with Crippen molar-refractivity contribution >= 4 is 11.8 Å². The molecule has 1 unspecified atom stereocenters. The highest BCUT2D eigenvalue weighted by Gasteiger charge is 2.32. The summed E-state index contributed by atoms with van der Waals surface area (Å²) in [6, 6.07) is 3.49. The number of carbonyl (C=O) groups is 2. The summed E-state index contributed by atoms with van der Waals surface area (Å²) in [5, 5.41) is 3.28. The number of rotatable bonds is 8.